The SMILES string of the molecule is CCc1cc(OC)c(OC)c(C2(O)CC2)c1. The molecule has 0 spiro atoms. The lowest BCUT2D eigenvalue weighted by atomic mass is 10.0. The Morgan fingerprint density at radius 3 is 2.38 bits per heavy atom. The molecule has 1 aromatic carbocycles. The first-order valence-corrected chi connectivity index (χ1v) is 5.62. The van der Waals surface area contributed by atoms with E-state index in [0.717, 1.165) is 30.4 Å². The highest BCUT2D eigenvalue weighted by atomic mass is 16.5. The van der Waals surface area contributed by atoms with E-state index < -0.39 is 5.60 Å². The minimum Gasteiger partial charge on any atom is -0.493 e. The predicted molar refractivity (Wildman–Crippen MR) is 62.1 cm³/mol. The van der Waals surface area contributed by atoms with Crippen molar-refractivity contribution in [3.05, 3.63) is 23.3 Å². The highest BCUT2D eigenvalue weighted by Gasteiger charge is 2.45. The minimum atomic E-state index is -0.691. The van der Waals surface area contributed by atoms with Gasteiger partial charge in [0.25, 0.3) is 0 Å². The van der Waals surface area contributed by atoms with Gasteiger partial charge in [0.15, 0.2) is 11.5 Å². The van der Waals surface area contributed by atoms with E-state index in [1.165, 1.54) is 0 Å². The van der Waals surface area contributed by atoms with Gasteiger partial charge in [0.1, 0.15) is 0 Å². The second-order valence-electron chi connectivity index (χ2n) is 4.26. The fourth-order valence-corrected chi connectivity index (χ4v) is 1.96. The van der Waals surface area contributed by atoms with Crippen molar-refractivity contribution < 1.29 is 14.6 Å². The Labute approximate surface area is 96.0 Å². The second-order valence-corrected chi connectivity index (χ2v) is 4.26. The summed E-state index contributed by atoms with van der Waals surface area (Å²) < 4.78 is 10.7. The quantitative estimate of drug-likeness (QED) is 0.849. The monoisotopic (exact) mass is 222 g/mol. The van der Waals surface area contributed by atoms with Gasteiger partial charge in [0.2, 0.25) is 0 Å². The third-order valence-electron chi connectivity index (χ3n) is 3.17. The summed E-state index contributed by atoms with van der Waals surface area (Å²) in [5.74, 6) is 1.37. The zero-order valence-electron chi connectivity index (χ0n) is 10.0. The van der Waals surface area contributed by atoms with Crippen LogP contribution in [0.4, 0.5) is 0 Å². The third kappa shape index (κ3) is 1.76. The summed E-state index contributed by atoms with van der Waals surface area (Å²) in [6.45, 7) is 2.09. The molecule has 1 N–H and O–H groups in total. The Balaban J connectivity index is 2.55. The molecule has 1 aliphatic rings. The highest BCUT2D eigenvalue weighted by Crippen LogP contribution is 2.51. The van der Waals surface area contributed by atoms with Crippen molar-refractivity contribution in [2.45, 2.75) is 31.8 Å². The number of aliphatic hydroxyl groups is 1. The van der Waals surface area contributed by atoms with Crippen molar-refractivity contribution >= 4 is 0 Å². The molecule has 1 aromatic rings. The van der Waals surface area contributed by atoms with Gasteiger partial charge < -0.3 is 14.6 Å². The van der Waals surface area contributed by atoms with Crippen LogP contribution in [-0.2, 0) is 12.0 Å². The van der Waals surface area contributed by atoms with Crippen LogP contribution in [0.5, 0.6) is 11.5 Å². The normalized spacial score (nSPS) is 17.0. The number of hydrogen-bond acceptors (Lipinski definition) is 3. The molecule has 0 aromatic heterocycles. The van der Waals surface area contributed by atoms with Gasteiger partial charge in [-0.2, -0.15) is 0 Å². The third-order valence-corrected chi connectivity index (χ3v) is 3.17. The lowest BCUT2D eigenvalue weighted by molar-refractivity contribution is 0.146. The summed E-state index contributed by atoms with van der Waals surface area (Å²) in [5, 5.41) is 10.2. The first-order chi connectivity index (χ1) is 7.64. The summed E-state index contributed by atoms with van der Waals surface area (Å²) >= 11 is 0. The highest BCUT2D eigenvalue weighted by molar-refractivity contribution is 5.53. The van der Waals surface area contributed by atoms with Gasteiger partial charge in [-0.25, -0.2) is 0 Å². The standard InChI is InChI=1S/C13H18O3/c1-4-9-7-10(13(14)5-6-13)12(16-3)11(8-9)15-2/h7-8,14H,4-6H2,1-3H3. The smallest absolute Gasteiger partial charge is 0.166 e. The van der Waals surface area contributed by atoms with Crippen molar-refractivity contribution in [3.8, 4) is 11.5 Å². The van der Waals surface area contributed by atoms with Crippen molar-refractivity contribution in [2.75, 3.05) is 14.2 Å². The molecular formula is C13H18O3. The summed E-state index contributed by atoms with van der Waals surface area (Å²) in [5.41, 5.74) is 1.34. The molecule has 0 radical (unpaired) electrons. The van der Waals surface area contributed by atoms with Crippen molar-refractivity contribution in [3.63, 3.8) is 0 Å². The summed E-state index contributed by atoms with van der Waals surface area (Å²) in [6, 6.07) is 3.99. The summed E-state index contributed by atoms with van der Waals surface area (Å²) in [4.78, 5) is 0. The van der Waals surface area contributed by atoms with E-state index in [4.69, 9.17) is 9.47 Å². The van der Waals surface area contributed by atoms with Gasteiger partial charge in [-0.1, -0.05) is 6.92 Å². The Kier molecular flexibility index (Phi) is 2.80. The van der Waals surface area contributed by atoms with Gasteiger partial charge in [0.05, 0.1) is 19.8 Å². The second kappa shape index (κ2) is 3.98. The first-order valence-electron chi connectivity index (χ1n) is 5.62. The van der Waals surface area contributed by atoms with Crippen LogP contribution in [-0.4, -0.2) is 19.3 Å². The van der Waals surface area contributed by atoms with Gasteiger partial charge in [-0.15, -0.1) is 0 Å². The molecule has 1 fully saturated rings. The molecule has 0 bridgehead atoms. The molecule has 88 valence electrons. The Morgan fingerprint density at radius 1 is 1.25 bits per heavy atom. The lowest BCUT2D eigenvalue weighted by Gasteiger charge is -2.18. The van der Waals surface area contributed by atoms with Gasteiger partial charge >= 0.3 is 0 Å². The number of methoxy groups -OCH3 is 2. The molecule has 0 aliphatic heterocycles. The molecule has 0 saturated heterocycles. The van der Waals surface area contributed by atoms with Gasteiger partial charge in [-0.3, -0.25) is 0 Å². The fraction of sp³-hybridized carbons (Fsp3) is 0.538. The van der Waals surface area contributed by atoms with E-state index in [2.05, 4.69) is 6.92 Å². The molecule has 0 atom stereocenters. The van der Waals surface area contributed by atoms with E-state index in [-0.39, 0.29) is 0 Å². The Hall–Kier alpha value is -1.22. The van der Waals surface area contributed by atoms with E-state index in [9.17, 15) is 5.11 Å². The molecule has 16 heavy (non-hydrogen) atoms. The van der Waals surface area contributed by atoms with E-state index in [0.29, 0.717) is 11.5 Å². The zero-order chi connectivity index (χ0) is 11.8. The van der Waals surface area contributed by atoms with Crippen molar-refractivity contribution in [1.82, 2.24) is 0 Å². The van der Waals surface area contributed by atoms with E-state index in [1.54, 1.807) is 14.2 Å². The average molecular weight is 222 g/mol. The topological polar surface area (TPSA) is 38.7 Å². The molecule has 3 heteroatoms. The Bertz CT molecular complexity index is 394. The predicted octanol–water partition coefficient (Wildman–Crippen LogP) is 2.25. The lowest BCUT2D eigenvalue weighted by Crippen LogP contribution is -2.08. The number of aryl methyl sites for hydroxylation is 1. The fourth-order valence-electron chi connectivity index (χ4n) is 1.96. The number of ether oxygens (including phenoxy) is 2. The molecule has 1 aliphatic carbocycles. The molecular weight excluding hydrogens is 204 g/mol. The molecule has 0 unspecified atom stereocenters. The Morgan fingerprint density at radius 2 is 1.94 bits per heavy atom. The maximum atomic E-state index is 10.2. The first kappa shape index (κ1) is 11.3. The van der Waals surface area contributed by atoms with Crippen molar-refractivity contribution in [1.29, 1.82) is 0 Å². The maximum Gasteiger partial charge on any atom is 0.166 e. The zero-order valence-corrected chi connectivity index (χ0v) is 10.0. The number of rotatable bonds is 4. The van der Waals surface area contributed by atoms with Crippen LogP contribution in [0.1, 0.15) is 30.9 Å². The summed E-state index contributed by atoms with van der Waals surface area (Å²) in [6.07, 6.45) is 2.53. The molecule has 0 amide bonds. The maximum absolute atomic E-state index is 10.2. The number of hydrogen-bond donors (Lipinski definition) is 1. The van der Waals surface area contributed by atoms with Gasteiger partial charge in [-0.05, 0) is 37.0 Å². The largest absolute Gasteiger partial charge is 0.493 e. The van der Waals surface area contributed by atoms with Crippen LogP contribution < -0.4 is 9.47 Å². The van der Waals surface area contributed by atoms with Crippen LogP contribution in [0.3, 0.4) is 0 Å². The average Bonchev–Trinajstić information content (AvgIpc) is 3.06. The molecule has 0 heterocycles. The summed E-state index contributed by atoms with van der Waals surface area (Å²) in [7, 11) is 3.23. The minimum absolute atomic E-state index is 0.666. The van der Waals surface area contributed by atoms with Crippen LogP contribution >= 0.6 is 0 Å². The van der Waals surface area contributed by atoms with Crippen molar-refractivity contribution in [2.24, 2.45) is 0 Å². The van der Waals surface area contributed by atoms with E-state index >= 15 is 0 Å². The number of benzene rings is 1. The van der Waals surface area contributed by atoms with Gasteiger partial charge in [0, 0.05) is 5.56 Å². The molecule has 2 rings (SSSR count). The van der Waals surface area contributed by atoms with Crippen LogP contribution in [0.2, 0.25) is 0 Å². The molecule has 3 nitrogen and oxygen atoms in total. The van der Waals surface area contributed by atoms with E-state index in [1.807, 2.05) is 12.1 Å². The van der Waals surface area contributed by atoms with Crippen LogP contribution in [0.25, 0.3) is 0 Å². The van der Waals surface area contributed by atoms with Crippen LogP contribution in [0, 0.1) is 0 Å². The van der Waals surface area contributed by atoms with Crippen LogP contribution in [0.15, 0.2) is 12.1 Å². The molecule has 1 saturated carbocycles.